The fraction of sp³-hybridized carbons (Fsp3) is 0.333. The van der Waals surface area contributed by atoms with Crippen LogP contribution in [0.25, 0.3) is 0 Å². The molecule has 3 rings (SSSR count). The molecule has 0 bridgehead atoms. The zero-order valence-corrected chi connectivity index (χ0v) is 12.8. The molecule has 1 unspecified atom stereocenters. The van der Waals surface area contributed by atoms with Crippen LogP contribution in [0, 0.1) is 0 Å². The Kier molecular flexibility index (Phi) is 3.61. The van der Waals surface area contributed by atoms with Crippen molar-refractivity contribution in [1.82, 2.24) is 9.55 Å². The van der Waals surface area contributed by atoms with Crippen LogP contribution in [0.15, 0.2) is 35.2 Å². The quantitative estimate of drug-likeness (QED) is 0.858. The maximum Gasteiger partial charge on any atom is 0.170 e. The zero-order chi connectivity index (χ0) is 14.1. The Labute approximate surface area is 125 Å². The van der Waals surface area contributed by atoms with Crippen LogP contribution in [0.5, 0.6) is 5.75 Å². The zero-order valence-electron chi connectivity index (χ0n) is 11.2. The minimum Gasteiger partial charge on any atom is -0.483 e. The van der Waals surface area contributed by atoms with Gasteiger partial charge in [-0.3, -0.25) is 4.79 Å². The molecule has 2 heterocycles. The van der Waals surface area contributed by atoms with Crippen molar-refractivity contribution in [3.8, 4) is 5.75 Å². The monoisotopic (exact) mass is 334 g/mol. The molecule has 0 amide bonds. The Balaban J connectivity index is 1.93. The summed E-state index contributed by atoms with van der Waals surface area (Å²) in [6.45, 7) is 3.00. The summed E-state index contributed by atoms with van der Waals surface area (Å²) in [5, 5.41) is 0. The molecule has 1 aromatic heterocycles. The predicted octanol–water partition coefficient (Wildman–Crippen LogP) is 3.76. The van der Waals surface area contributed by atoms with Crippen LogP contribution in [-0.2, 0) is 6.54 Å². The summed E-state index contributed by atoms with van der Waals surface area (Å²) in [5.41, 5.74) is 1.62. The fourth-order valence-electron chi connectivity index (χ4n) is 2.49. The molecule has 0 fully saturated rings. The van der Waals surface area contributed by atoms with E-state index in [2.05, 4.69) is 32.4 Å². The van der Waals surface area contributed by atoms with Gasteiger partial charge in [-0.25, -0.2) is 4.98 Å². The van der Waals surface area contributed by atoms with E-state index in [1.165, 1.54) is 0 Å². The summed E-state index contributed by atoms with van der Waals surface area (Å²) in [6, 6.07) is 5.54. The van der Waals surface area contributed by atoms with E-state index >= 15 is 0 Å². The average molecular weight is 335 g/mol. The van der Waals surface area contributed by atoms with E-state index in [1.807, 2.05) is 18.2 Å². The van der Waals surface area contributed by atoms with E-state index < -0.39 is 0 Å². The second-order valence-corrected chi connectivity index (χ2v) is 5.80. The lowest BCUT2D eigenvalue weighted by Crippen LogP contribution is -2.22. The molecule has 20 heavy (non-hydrogen) atoms. The molecule has 0 aliphatic carbocycles. The van der Waals surface area contributed by atoms with Crippen molar-refractivity contribution in [3.63, 3.8) is 0 Å². The normalized spacial score (nSPS) is 17.7. The van der Waals surface area contributed by atoms with Gasteiger partial charge in [-0.1, -0.05) is 22.9 Å². The van der Waals surface area contributed by atoms with Crippen LogP contribution in [0.1, 0.15) is 41.9 Å². The van der Waals surface area contributed by atoms with Gasteiger partial charge < -0.3 is 9.30 Å². The molecular formula is C15H15BrN2O2. The molecule has 4 nitrogen and oxygen atoms in total. The van der Waals surface area contributed by atoms with Crippen molar-refractivity contribution in [2.24, 2.45) is 0 Å². The van der Waals surface area contributed by atoms with Crippen molar-refractivity contribution >= 4 is 21.7 Å². The molecule has 5 heteroatoms. The van der Waals surface area contributed by atoms with Gasteiger partial charge in [0.25, 0.3) is 0 Å². The number of Topliss-reactive ketones (excluding diaryl/α,β-unsaturated/α-hetero) is 1. The number of fused-ring (bicyclic) bond motifs is 1. The lowest BCUT2D eigenvalue weighted by atomic mass is 9.99. The Morgan fingerprint density at radius 1 is 1.50 bits per heavy atom. The molecule has 1 aromatic carbocycles. The van der Waals surface area contributed by atoms with E-state index in [1.54, 1.807) is 12.5 Å². The summed E-state index contributed by atoms with van der Waals surface area (Å²) in [7, 11) is 0. The maximum absolute atomic E-state index is 12.3. The third-order valence-corrected chi connectivity index (χ3v) is 3.91. The van der Waals surface area contributed by atoms with Gasteiger partial charge in [0, 0.05) is 11.0 Å². The van der Waals surface area contributed by atoms with E-state index in [0.29, 0.717) is 17.7 Å². The largest absolute Gasteiger partial charge is 0.483 e. The Hall–Kier alpha value is -1.62. The van der Waals surface area contributed by atoms with Crippen LogP contribution >= 0.6 is 15.9 Å². The van der Waals surface area contributed by atoms with E-state index in [9.17, 15) is 4.79 Å². The minimum absolute atomic E-state index is 0.113. The van der Waals surface area contributed by atoms with Crippen molar-refractivity contribution in [2.45, 2.75) is 32.4 Å². The molecule has 0 saturated heterocycles. The summed E-state index contributed by atoms with van der Waals surface area (Å²) in [4.78, 5) is 16.5. The molecule has 0 saturated carbocycles. The van der Waals surface area contributed by atoms with Crippen molar-refractivity contribution in [3.05, 3.63) is 46.5 Å². The Morgan fingerprint density at radius 3 is 3.15 bits per heavy atom. The first kappa shape index (κ1) is 13.4. The molecule has 1 atom stereocenters. The number of carbonyl (C=O) groups is 1. The number of benzene rings is 1. The highest BCUT2D eigenvalue weighted by atomic mass is 79.9. The third-order valence-electron chi connectivity index (χ3n) is 3.42. The predicted molar refractivity (Wildman–Crippen MR) is 79.0 cm³/mol. The number of nitrogens with zero attached hydrogens (tertiary/aromatic N) is 2. The second-order valence-electron chi connectivity index (χ2n) is 4.89. The number of ether oxygens (including phenoxy) is 1. The topological polar surface area (TPSA) is 44.1 Å². The highest BCUT2D eigenvalue weighted by Gasteiger charge is 2.29. The maximum atomic E-state index is 12.3. The number of aryl methyl sites for hydroxylation is 1. The van der Waals surface area contributed by atoms with Crippen molar-refractivity contribution in [2.75, 3.05) is 0 Å². The van der Waals surface area contributed by atoms with Crippen LogP contribution in [0.2, 0.25) is 0 Å². The molecule has 0 spiro atoms. The van der Waals surface area contributed by atoms with Gasteiger partial charge in [-0.15, -0.1) is 0 Å². The standard InChI is InChI=1S/C15H15BrN2O2/c1-2-5-18-9-17-8-12(18)15-7-13(19)11-6-10(16)3-4-14(11)20-15/h3-4,6,8-9,15H,2,5,7H2,1H3. The molecule has 1 aliphatic rings. The molecule has 104 valence electrons. The van der Waals surface area contributed by atoms with Gasteiger partial charge >= 0.3 is 0 Å². The van der Waals surface area contributed by atoms with Gasteiger partial charge in [-0.05, 0) is 24.6 Å². The van der Waals surface area contributed by atoms with E-state index in [-0.39, 0.29) is 11.9 Å². The van der Waals surface area contributed by atoms with Gasteiger partial charge in [0.15, 0.2) is 5.78 Å². The first-order chi connectivity index (χ1) is 9.69. The van der Waals surface area contributed by atoms with E-state index in [4.69, 9.17) is 4.74 Å². The van der Waals surface area contributed by atoms with Crippen LogP contribution in [0.3, 0.4) is 0 Å². The lowest BCUT2D eigenvalue weighted by molar-refractivity contribution is 0.0839. The van der Waals surface area contributed by atoms with Gasteiger partial charge in [-0.2, -0.15) is 0 Å². The Morgan fingerprint density at radius 2 is 2.35 bits per heavy atom. The first-order valence-corrected chi connectivity index (χ1v) is 7.47. The number of halogens is 1. The summed E-state index contributed by atoms with van der Waals surface area (Å²) < 4.78 is 8.93. The highest BCUT2D eigenvalue weighted by molar-refractivity contribution is 9.10. The number of ketones is 1. The number of rotatable bonds is 3. The molecular weight excluding hydrogens is 320 g/mol. The van der Waals surface area contributed by atoms with Crippen molar-refractivity contribution < 1.29 is 9.53 Å². The van der Waals surface area contributed by atoms with Gasteiger partial charge in [0.05, 0.1) is 30.2 Å². The number of hydrogen-bond donors (Lipinski definition) is 0. The smallest absolute Gasteiger partial charge is 0.170 e. The molecule has 1 aliphatic heterocycles. The highest BCUT2D eigenvalue weighted by Crippen LogP contribution is 2.36. The number of aromatic nitrogens is 2. The lowest BCUT2D eigenvalue weighted by Gasteiger charge is -2.26. The summed E-state index contributed by atoms with van der Waals surface area (Å²) >= 11 is 3.38. The number of carbonyl (C=O) groups excluding carboxylic acids is 1. The van der Waals surface area contributed by atoms with Crippen LogP contribution in [0.4, 0.5) is 0 Å². The van der Waals surface area contributed by atoms with E-state index in [0.717, 1.165) is 23.1 Å². The third kappa shape index (κ3) is 2.38. The Bertz CT molecular complexity index is 651. The average Bonchev–Trinajstić information content (AvgIpc) is 2.88. The summed E-state index contributed by atoms with van der Waals surface area (Å²) in [5.74, 6) is 0.764. The summed E-state index contributed by atoms with van der Waals surface area (Å²) in [6.07, 6.45) is 4.72. The molecule has 0 N–H and O–H groups in total. The first-order valence-electron chi connectivity index (χ1n) is 6.68. The van der Waals surface area contributed by atoms with Crippen LogP contribution < -0.4 is 4.74 Å². The number of imidazole rings is 1. The molecule has 2 aromatic rings. The second kappa shape index (κ2) is 5.40. The van der Waals surface area contributed by atoms with Crippen molar-refractivity contribution in [1.29, 1.82) is 0 Å². The fourth-order valence-corrected chi connectivity index (χ4v) is 2.85. The van der Waals surface area contributed by atoms with Gasteiger partial charge in [0.2, 0.25) is 0 Å². The number of hydrogen-bond acceptors (Lipinski definition) is 3. The van der Waals surface area contributed by atoms with Gasteiger partial charge in [0.1, 0.15) is 11.9 Å². The van der Waals surface area contributed by atoms with Crippen LogP contribution in [-0.4, -0.2) is 15.3 Å². The SMILES string of the molecule is CCCn1cncc1C1CC(=O)c2cc(Br)ccc2O1. The molecule has 0 radical (unpaired) electrons. The minimum atomic E-state index is -0.245.